The van der Waals surface area contributed by atoms with Crippen LogP contribution in [0.25, 0.3) is 11.6 Å². The summed E-state index contributed by atoms with van der Waals surface area (Å²) in [6.07, 6.45) is 0. The Morgan fingerprint density at radius 3 is 2.90 bits per heavy atom. The lowest BCUT2D eigenvalue weighted by Crippen LogP contribution is -2.13. The number of hydrogen-bond acceptors (Lipinski definition) is 5. The zero-order valence-corrected chi connectivity index (χ0v) is 12.8. The quantitative estimate of drug-likeness (QED) is 0.756. The summed E-state index contributed by atoms with van der Waals surface area (Å²) in [7, 11) is 1.62. The number of hydrogen-bond donors (Lipinski definition) is 2. The van der Waals surface area contributed by atoms with E-state index < -0.39 is 6.04 Å². The van der Waals surface area contributed by atoms with Crippen LogP contribution in [-0.4, -0.2) is 22.3 Å². The Bertz CT molecular complexity index is 753. The maximum atomic E-state index is 6.21. The second-order valence-electron chi connectivity index (χ2n) is 4.40. The summed E-state index contributed by atoms with van der Waals surface area (Å²) in [5.74, 6) is 2.35. The third-order valence-electron chi connectivity index (χ3n) is 3.04. The summed E-state index contributed by atoms with van der Waals surface area (Å²) < 4.78 is 11.2. The van der Waals surface area contributed by atoms with E-state index in [1.807, 2.05) is 24.3 Å². The predicted octanol–water partition coefficient (Wildman–Crippen LogP) is 2.88. The molecule has 21 heavy (non-hydrogen) atoms. The lowest BCUT2D eigenvalue weighted by atomic mass is 10.1. The van der Waals surface area contributed by atoms with Gasteiger partial charge in [-0.15, -0.1) is 5.10 Å². The highest BCUT2D eigenvalue weighted by Crippen LogP contribution is 2.25. The molecular formula is C14H13BrN4O2. The highest BCUT2D eigenvalue weighted by atomic mass is 79.9. The Labute approximate surface area is 129 Å². The van der Waals surface area contributed by atoms with Crippen LogP contribution in [0.2, 0.25) is 0 Å². The van der Waals surface area contributed by atoms with Crippen molar-refractivity contribution in [1.29, 1.82) is 0 Å². The molecule has 0 aliphatic rings. The number of nitrogens with two attached hydrogens (primary N) is 1. The van der Waals surface area contributed by atoms with Gasteiger partial charge in [-0.2, -0.15) is 0 Å². The summed E-state index contributed by atoms with van der Waals surface area (Å²) in [6, 6.07) is 10.7. The van der Waals surface area contributed by atoms with Crippen molar-refractivity contribution < 1.29 is 9.15 Å². The number of ether oxygens (including phenoxy) is 1. The highest BCUT2D eigenvalue weighted by molar-refractivity contribution is 9.10. The Morgan fingerprint density at radius 1 is 1.33 bits per heavy atom. The van der Waals surface area contributed by atoms with E-state index >= 15 is 0 Å². The minimum Gasteiger partial charge on any atom is -0.497 e. The molecule has 0 unspecified atom stereocenters. The van der Waals surface area contributed by atoms with Crippen molar-refractivity contribution in [3.05, 3.63) is 52.5 Å². The molecule has 0 fully saturated rings. The molecule has 0 aliphatic carbocycles. The minimum absolute atomic E-state index is 0.417. The molecular weight excluding hydrogens is 336 g/mol. The van der Waals surface area contributed by atoms with Crippen LogP contribution in [0.15, 0.2) is 45.5 Å². The number of H-pyrrole nitrogens is 1. The molecule has 2 aromatic heterocycles. The van der Waals surface area contributed by atoms with Crippen molar-refractivity contribution in [2.75, 3.05) is 7.11 Å². The maximum Gasteiger partial charge on any atom is 0.217 e. The van der Waals surface area contributed by atoms with Gasteiger partial charge in [-0.05, 0) is 45.8 Å². The van der Waals surface area contributed by atoms with Gasteiger partial charge in [-0.1, -0.05) is 12.1 Å². The molecule has 3 rings (SSSR count). The lowest BCUT2D eigenvalue weighted by Gasteiger charge is -2.09. The van der Waals surface area contributed by atoms with Crippen LogP contribution in [0.1, 0.15) is 17.4 Å². The van der Waals surface area contributed by atoms with Crippen molar-refractivity contribution in [2.24, 2.45) is 5.73 Å². The van der Waals surface area contributed by atoms with Crippen LogP contribution >= 0.6 is 15.9 Å². The van der Waals surface area contributed by atoms with E-state index in [9.17, 15) is 0 Å². The van der Waals surface area contributed by atoms with Gasteiger partial charge in [0.2, 0.25) is 5.82 Å². The summed E-state index contributed by atoms with van der Waals surface area (Å²) in [4.78, 5) is 4.38. The maximum absolute atomic E-state index is 6.21. The fourth-order valence-corrected chi connectivity index (χ4v) is 2.26. The van der Waals surface area contributed by atoms with E-state index in [0.717, 1.165) is 11.3 Å². The normalized spacial score (nSPS) is 12.3. The first-order valence-electron chi connectivity index (χ1n) is 6.25. The molecule has 0 spiro atoms. The number of halogens is 1. The molecule has 3 N–H and O–H groups in total. The first kappa shape index (κ1) is 13.8. The largest absolute Gasteiger partial charge is 0.497 e. The van der Waals surface area contributed by atoms with Gasteiger partial charge in [-0.25, -0.2) is 4.98 Å². The fraction of sp³-hybridized carbons (Fsp3) is 0.143. The zero-order chi connectivity index (χ0) is 14.8. The van der Waals surface area contributed by atoms with Gasteiger partial charge < -0.3 is 14.9 Å². The molecule has 0 saturated carbocycles. The second-order valence-corrected chi connectivity index (χ2v) is 5.18. The first-order chi connectivity index (χ1) is 10.2. The van der Waals surface area contributed by atoms with Gasteiger partial charge in [-0.3, -0.25) is 5.10 Å². The topological polar surface area (TPSA) is 90.0 Å². The Hall–Kier alpha value is -2.12. The highest BCUT2D eigenvalue weighted by Gasteiger charge is 2.16. The molecule has 0 aliphatic heterocycles. The average molecular weight is 349 g/mol. The number of aromatic nitrogens is 3. The monoisotopic (exact) mass is 348 g/mol. The van der Waals surface area contributed by atoms with Gasteiger partial charge in [0, 0.05) is 0 Å². The van der Waals surface area contributed by atoms with Crippen LogP contribution in [0.4, 0.5) is 0 Å². The smallest absolute Gasteiger partial charge is 0.217 e. The SMILES string of the molecule is COc1cccc([C@@H](N)c2nc(-c3ccc(Br)o3)n[nH]2)c1. The van der Waals surface area contributed by atoms with Crippen LogP contribution in [-0.2, 0) is 0 Å². The number of nitrogens with zero attached hydrogens (tertiary/aromatic N) is 2. The van der Waals surface area contributed by atoms with Crippen molar-refractivity contribution in [1.82, 2.24) is 15.2 Å². The van der Waals surface area contributed by atoms with Gasteiger partial charge in [0.1, 0.15) is 11.6 Å². The van der Waals surface area contributed by atoms with E-state index in [0.29, 0.717) is 22.1 Å². The molecule has 6 nitrogen and oxygen atoms in total. The van der Waals surface area contributed by atoms with Gasteiger partial charge in [0.25, 0.3) is 0 Å². The number of aromatic amines is 1. The van der Waals surface area contributed by atoms with Crippen molar-refractivity contribution >= 4 is 15.9 Å². The summed E-state index contributed by atoms with van der Waals surface area (Å²) in [6.45, 7) is 0. The molecule has 0 saturated heterocycles. The Balaban J connectivity index is 1.88. The summed E-state index contributed by atoms with van der Waals surface area (Å²) in [5, 5.41) is 6.97. The Kier molecular flexibility index (Phi) is 3.76. The van der Waals surface area contributed by atoms with Crippen LogP contribution in [0.3, 0.4) is 0 Å². The van der Waals surface area contributed by atoms with Gasteiger partial charge >= 0.3 is 0 Å². The van der Waals surface area contributed by atoms with E-state index in [1.165, 1.54) is 0 Å². The second kappa shape index (κ2) is 5.71. The van der Waals surface area contributed by atoms with Crippen LogP contribution in [0, 0.1) is 0 Å². The Morgan fingerprint density at radius 2 is 2.19 bits per heavy atom. The van der Waals surface area contributed by atoms with E-state index in [4.69, 9.17) is 14.9 Å². The van der Waals surface area contributed by atoms with Crippen molar-refractivity contribution in [3.8, 4) is 17.3 Å². The molecule has 0 amide bonds. The first-order valence-corrected chi connectivity index (χ1v) is 7.04. The van der Waals surface area contributed by atoms with Crippen molar-refractivity contribution in [2.45, 2.75) is 6.04 Å². The number of nitrogens with one attached hydrogen (secondary N) is 1. The molecule has 2 heterocycles. The van der Waals surface area contributed by atoms with E-state index in [1.54, 1.807) is 19.2 Å². The zero-order valence-electron chi connectivity index (χ0n) is 11.2. The summed E-state index contributed by atoms with van der Waals surface area (Å²) in [5.41, 5.74) is 7.09. The van der Waals surface area contributed by atoms with E-state index in [-0.39, 0.29) is 0 Å². The number of benzene rings is 1. The molecule has 0 radical (unpaired) electrons. The van der Waals surface area contributed by atoms with Crippen LogP contribution < -0.4 is 10.5 Å². The standard InChI is InChI=1S/C14H13BrN4O2/c1-20-9-4-2-3-8(7-9)12(16)14-17-13(18-19-14)10-5-6-11(15)21-10/h2-7,12H,16H2,1H3,(H,17,18,19)/t12-/m1/s1. The molecule has 3 aromatic rings. The lowest BCUT2D eigenvalue weighted by molar-refractivity contribution is 0.414. The number of methoxy groups -OCH3 is 1. The molecule has 0 bridgehead atoms. The third kappa shape index (κ3) is 2.84. The van der Waals surface area contributed by atoms with Crippen molar-refractivity contribution in [3.63, 3.8) is 0 Å². The molecule has 108 valence electrons. The van der Waals surface area contributed by atoms with Gasteiger partial charge in [0.05, 0.1) is 13.2 Å². The third-order valence-corrected chi connectivity index (χ3v) is 3.47. The average Bonchev–Trinajstić information content (AvgIpc) is 3.15. The number of rotatable bonds is 4. The minimum atomic E-state index is -0.417. The van der Waals surface area contributed by atoms with Crippen LogP contribution in [0.5, 0.6) is 5.75 Å². The predicted molar refractivity (Wildman–Crippen MR) is 80.8 cm³/mol. The molecule has 1 aromatic carbocycles. The van der Waals surface area contributed by atoms with E-state index in [2.05, 4.69) is 31.1 Å². The number of furan rings is 1. The van der Waals surface area contributed by atoms with Gasteiger partial charge in [0.15, 0.2) is 10.4 Å². The molecule has 7 heteroatoms. The molecule has 1 atom stereocenters. The summed E-state index contributed by atoms with van der Waals surface area (Å²) >= 11 is 3.25. The fourth-order valence-electron chi connectivity index (χ4n) is 1.95.